The molecule has 8 heteroatoms. The molecular weight excluding hydrogens is 425 g/mol. The van der Waals surface area contributed by atoms with Crippen molar-refractivity contribution in [2.45, 2.75) is 43.6 Å². The molecule has 1 spiro atoms. The van der Waals surface area contributed by atoms with Crippen LogP contribution in [0.1, 0.15) is 48.5 Å². The quantitative estimate of drug-likeness (QED) is 0.566. The lowest BCUT2D eigenvalue weighted by Crippen LogP contribution is -2.18. The monoisotopic (exact) mass is 441 g/mol. The Morgan fingerprint density at radius 1 is 1.23 bits per heavy atom. The zero-order chi connectivity index (χ0) is 20.5. The van der Waals surface area contributed by atoms with Crippen LogP contribution in [0.2, 0.25) is 10.0 Å². The van der Waals surface area contributed by atoms with Gasteiger partial charge in [-0.1, -0.05) is 34.4 Å². The number of rotatable bonds is 5. The highest BCUT2D eigenvalue weighted by Gasteiger charge is 2.57. The SMILES string of the molecule is O=C1Nc2ncc(OCc3c(-c4c(Cl)cccc4Cl)noc3C3CC3)cc2C12CC2. The van der Waals surface area contributed by atoms with Crippen LogP contribution in [0.4, 0.5) is 5.82 Å². The van der Waals surface area contributed by atoms with Crippen molar-refractivity contribution in [3.05, 3.63) is 57.4 Å². The van der Waals surface area contributed by atoms with Crippen LogP contribution in [-0.4, -0.2) is 16.0 Å². The Kier molecular flexibility index (Phi) is 3.92. The van der Waals surface area contributed by atoms with Crippen molar-refractivity contribution in [1.29, 1.82) is 0 Å². The summed E-state index contributed by atoms with van der Waals surface area (Å²) in [4.78, 5) is 16.6. The predicted molar refractivity (Wildman–Crippen MR) is 112 cm³/mol. The average molecular weight is 442 g/mol. The third-order valence-corrected chi connectivity index (χ3v) is 6.77. The van der Waals surface area contributed by atoms with Gasteiger partial charge < -0.3 is 14.6 Å². The van der Waals surface area contributed by atoms with E-state index in [0.29, 0.717) is 38.8 Å². The first-order chi connectivity index (χ1) is 14.6. The molecule has 1 N–H and O–H groups in total. The molecule has 3 aromatic rings. The van der Waals surface area contributed by atoms with Crippen molar-refractivity contribution in [3.63, 3.8) is 0 Å². The zero-order valence-electron chi connectivity index (χ0n) is 15.9. The van der Waals surface area contributed by atoms with Crippen LogP contribution < -0.4 is 10.1 Å². The lowest BCUT2D eigenvalue weighted by Gasteiger charge is -2.11. The summed E-state index contributed by atoms with van der Waals surface area (Å²) < 4.78 is 11.8. The fraction of sp³-hybridized carbons (Fsp3) is 0.318. The first kappa shape index (κ1) is 18.2. The Balaban J connectivity index is 1.34. The standard InChI is InChI=1S/C22H17Cl2N3O3/c23-15-2-1-3-16(24)17(15)18-13(19(30-27-18)11-4-5-11)10-29-12-8-14-20(25-9-12)26-21(28)22(14)6-7-22/h1-3,8-9,11H,4-7,10H2,(H,25,26,28). The maximum absolute atomic E-state index is 12.2. The van der Waals surface area contributed by atoms with E-state index in [1.165, 1.54) is 0 Å². The molecule has 2 saturated carbocycles. The molecule has 3 aliphatic rings. The van der Waals surface area contributed by atoms with Crippen LogP contribution in [0.25, 0.3) is 11.3 Å². The number of hydrogen-bond donors (Lipinski definition) is 1. The summed E-state index contributed by atoms with van der Waals surface area (Å²) in [5.41, 5.74) is 2.62. The van der Waals surface area contributed by atoms with Crippen molar-refractivity contribution in [2.24, 2.45) is 0 Å². The van der Waals surface area contributed by atoms with Crippen molar-refractivity contribution in [2.75, 3.05) is 5.32 Å². The summed E-state index contributed by atoms with van der Waals surface area (Å²) in [6.45, 7) is 0.251. The van der Waals surface area contributed by atoms with Gasteiger partial charge in [-0.25, -0.2) is 4.98 Å². The van der Waals surface area contributed by atoms with Gasteiger partial charge in [0.2, 0.25) is 5.91 Å². The number of ether oxygens (including phenoxy) is 1. The Bertz CT molecular complexity index is 1180. The Labute approximate surface area is 182 Å². The first-order valence-electron chi connectivity index (χ1n) is 9.94. The topological polar surface area (TPSA) is 77.2 Å². The minimum atomic E-state index is -0.408. The Morgan fingerprint density at radius 2 is 2.00 bits per heavy atom. The fourth-order valence-corrected chi connectivity index (χ4v) is 4.74. The number of hydrogen-bond acceptors (Lipinski definition) is 5. The molecule has 1 amide bonds. The summed E-state index contributed by atoms with van der Waals surface area (Å²) in [7, 11) is 0. The number of carbonyl (C=O) groups excluding carboxylic acids is 1. The van der Waals surface area contributed by atoms with E-state index >= 15 is 0 Å². The van der Waals surface area contributed by atoms with Crippen LogP contribution in [0, 0.1) is 0 Å². The lowest BCUT2D eigenvalue weighted by atomic mass is 10.00. The molecule has 0 saturated heterocycles. The van der Waals surface area contributed by atoms with Gasteiger partial charge in [0.05, 0.1) is 27.2 Å². The molecule has 1 aromatic carbocycles. The van der Waals surface area contributed by atoms with Gasteiger partial charge in [-0.2, -0.15) is 0 Å². The zero-order valence-corrected chi connectivity index (χ0v) is 17.4. The smallest absolute Gasteiger partial charge is 0.236 e. The van der Waals surface area contributed by atoms with E-state index in [-0.39, 0.29) is 12.5 Å². The molecule has 1 aliphatic heterocycles. The number of nitrogens with zero attached hydrogens (tertiary/aromatic N) is 2. The van der Waals surface area contributed by atoms with E-state index in [2.05, 4.69) is 15.5 Å². The number of carbonyl (C=O) groups is 1. The third kappa shape index (κ3) is 2.74. The number of benzene rings is 1. The molecule has 0 atom stereocenters. The predicted octanol–water partition coefficient (Wildman–Crippen LogP) is 5.48. The van der Waals surface area contributed by atoms with Crippen LogP contribution in [0.5, 0.6) is 5.75 Å². The van der Waals surface area contributed by atoms with E-state index in [9.17, 15) is 4.79 Å². The number of aromatic nitrogens is 2. The summed E-state index contributed by atoms with van der Waals surface area (Å²) in [5.74, 6) is 2.45. The molecule has 3 heterocycles. The summed E-state index contributed by atoms with van der Waals surface area (Å²) in [6.07, 6.45) is 5.46. The number of amides is 1. The van der Waals surface area contributed by atoms with E-state index in [1.807, 2.05) is 6.07 Å². The highest BCUT2D eigenvalue weighted by molar-refractivity contribution is 6.39. The van der Waals surface area contributed by atoms with Crippen LogP contribution >= 0.6 is 23.2 Å². The Hall–Kier alpha value is -2.57. The summed E-state index contributed by atoms with van der Waals surface area (Å²) >= 11 is 12.8. The minimum Gasteiger partial charge on any atom is -0.487 e. The molecule has 0 bridgehead atoms. The fourth-order valence-electron chi connectivity index (χ4n) is 4.16. The van der Waals surface area contributed by atoms with E-state index in [0.717, 1.165) is 42.6 Å². The number of anilines is 1. The van der Waals surface area contributed by atoms with Crippen LogP contribution in [-0.2, 0) is 16.8 Å². The molecule has 6 rings (SSSR count). The number of fused-ring (bicyclic) bond motifs is 2. The molecule has 2 aromatic heterocycles. The van der Waals surface area contributed by atoms with Gasteiger partial charge in [0.25, 0.3) is 0 Å². The molecular formula is C22H17Cl2N3O3. The second kappa shape index (κ2) is 6.46. The summed E-state index contributed by atoms with van der Waals surface area (Å²) in [6, 6.07) is 7.27. The molecule has 0 unspecified atom stereocenters. The van der Waals surface area contributed by atoms with Gasteiger partial charge in [-0.3, -0.25) is 4.79 Å². The molecule has 2 aliphatic carbocycles. The van der Waals surface area contributed by atoms with Gasteiger partial charge in [0.1, 0.15) is 29.6 Å². The highest BCUT2D eigenvalue weighted by atomic mass is 35.5. The van der Waals surface area contributed by atoms with E-state index in [1.54, 1.807) is 24.4 Å². The maximum atomic E-state index is 12.2. The summed E-state index contributed by atoms with van der Waals surface area (Å²) in [5, 5.41) is 8.18. The lowest BCUT2D eigenvalue weighted by molar-refractivity contribution is -0.117. The minimum absolute atomic E-state index is 0.0350. The molecule has 6 nitrogen and oxygen atoms in total. The number of nitrogens with one attached hydrogen (secondary N) is 1. The van der Waals surface area contributed by atoms with Gasteiger partial charge in [-0.15, -0.1) is 0 Å². The molecule has 152 valence electrons. The first-order valence-corrected chi connectivity index (χ1v) is 10.7. The van der Waals surface area contributed by atoms with Crippen molar-refractivity contribution < 1.29 is 14.1 Å². The van der Waals surface area contributed by atoms with E-state index in [4.69, 9.17) is 32.5 Å². The third-order valence-electron chi connectivity index (χ3n) is 6.14. The van der Waals surface area contributed by atoms with Crippen molar-refractivity contribution in [1.82, 2.24) is 10.1 Å². The molecule has 30 heavy (non-hydrogen) atoms. The van der Waals surface area contributed by atoms with Crippen LogP contribution in [0.15, 0.2) is 35.0 Å². The van der Waals surface area contributed by atoms with Crippen molar-refractivity contribution in [3.8, 4) is 17.0 Å². The van der Waals surface area contributed by atoms with Gasteiger partial charge in [0.15, 0.2) is 0 Å². The van der Waals surface area contributed by atoms with Crippen molar-refractivity contribution >= 4 is 34.9 Å². The number of pyridine rings is 1. The van der Waals surface area contributed by atoms with Gasteiger partial charge in [-0.05, 0) is 43.9 Å². The van der Waals surface area contributed by atoms with Gasteiger partial charge in [0, 0.05) is 17.0 Å². The molecule has 0 radical (unpaired) electrons. The second-order valence-electron chi connectivity index (χ2n) is 8.14. The second-order valence-corrected chi connectivity index (χ2v) is 8.95. The van der Waals surface area contributed by atoms with Gasteiger partial charge >= 0.3 is 0 Å². The largest absolute Gasteiger partial charge is 0.487 e. The Morgan fingerprint density at radius 3 is 2.70 bits per heavy atom. The average Bonchev–Trinajstić information content (AvgIpc) is 3.64. The highest BCUT2D eigenvalue weighted by Crippen LogP contribution is 2.55. The number of halogens is 2. The van der Waals surface area contributed by atoms with E-state index < -0.39 is 5.41 Å². The molecule has 2 fully saturated rings. The maximum Gasteiger partial charge on any atom is 0.236 e. The van der Waals surface area contributed by atoms with Crippen LogP contribution in [0.3, 0.4) is 0 Å². The normalized spacial score (nSPS) is 18.4.